The van der Waals surface area contributed by atoms with Crippen LogP contribution in [0.4, 0.5) is 4.79 Å². The second kappa shape index (κ2) is 14.5. The minimum atomic E-state index is -4.06. The van der Waals surface area contributed by atoms with E-state index in [1.54, 1.807) is 46.4 Å². The summed E-state index contributed by atoms with van der Waals surface area (Å²) in [6, 6.07) is -0.909. The van der Waals surface area contributed by atoms with Gasteiger partial charge in [-0.3, -0.25) is 14.6 Å². The summed E-state index contributed by atoms with van der Waals surface area (Å²) in [5.41, 5.74) is 7.65. The van der Waals surface area contributed by atoms with Crippen molar-refractivity contribution in [3.05, 3.63) is 22.3 Å². The summed E-state index contributed by atoms with van der Waals surface area (Å²) in [5, 5.41) is 2.67. The Hall–Kier alpha value is -3.55. The Morgan fingerprint density at radius 2 is 1.74 bits per heavy atom. The van der Waals surface area contributed by atoms with E-state index in [1.807, 2.05) is 20.8 Å². The average Bonchev–Trinajstić information content (AvgIpc) is 3.27. The van der Waals surface area contributed by atoms with Gasteiger partial charge in [-0.2, -0.15) is 0 Å². The standard InChI is InChI=1S/C32H51N5O8S/c1-10-43-28(39)22-13-16-37(17-14-22)27(38)24(35-30(40)45-31(5,6)7)12-11-15-34-29(33)36-46(41,42)26-20(3)19(2)25-23(21(26)4)18-32(8,9)44-25/h22,24H,10-18H2,1-9H3,(H,35,40)(H3,33,34,36)/t24-/m0/s1. The van der Waals surface area contributed by atoms with E-state index >= 15 is 0 Å². The molecule has 2 aliphatic heterocycles. The topological polar surface area (TPSA) is 179 Å². The third-order valence-electron chi connectivity index (χ3n) is 8.15. The van der Waals surface area contributed by atoms with Crippen molar-refractivity contribution >= 4 is 34.0 Å². The molecule has 0 saturated carbocycles. The maximum Gasteiger partial charge on any atom is 0.408 e. The molecule has 1 fully saturated rings. The molecule has 14 heteroatoms. The van der Waals surface area contributed by atoms with Gasteiger partial charge < -0.3 is 30.2 Å². The summed E-state index contributed by atoms with van der Waals surface area (Å²) in [6.07, 6.45) is 1.32. The van der Waals surface area contributed by atoms with Crippen molar-refractivity contribution in [2.24, 2.45) is 16.6 Å². The monoisotopic (exact) mass is 665 g/mol. The first-order chi connectivity index (χ1) is 21.3. The Morgan fingerprint density at radius 1 is 1.11 bits per heavy atom. The number of piperidine rings is 1. The number of carbonyl (C=O) groups is 3. The average molecular weight is 666 g/mol. The molecule has 2 aliphatic rings. The SMILES string of the molecule is CCOC(=O)C1CCN(C(=O)[C@H](CCCN=C(N)NS(=O)(=O)c2c(C)c(C)c3c(c2C)CC(C)(C)O3)NC(=O)OC(C)(C)C)CC1. The highest BCUT2D eigenvalue weighted by Gasteiger charge is 2.37. The first-order valence-corrected chi connectivity index (χ1v) is 17.3. The van der Waals surface area contributed by atoms with Crippen molar-refractivity contribution in [3.63, 3.8) is 0 Å². The van der Waals surface area contributed by atoms with E-state index in [2.05, 4.69) is 15.0 Å². The number of hydrogen-bond donors (Lipinski definition) is 3. The minimum absolute atomic E-state index is 0.0995. The molecule has 0 radical (unpaired) electrons. The van der Waals surface area contributed by atoms with Crippen molar-refractivity contribution in [3.8, 4) is 5.75 Å². The number of nitrogens with one attached hydrogen (secondary N) is 2. The number of nitrogens with two attached hydrogens (primary N) is 1. The fourth-order valence-corrected chi connectivity index (χ4v) is 7.41. The molecule has 0 bridgehead atoms. The third-order valence-corrected chi connectivity index (χ3v) is 9.78. The third kappa shape index (κ3) is 9.26. The lowest BCUT2D eigenvalue weighted by molar-refractivity contribution is -0.151. The van der Waals surface area contributed by atoms with Gasteiger partial charge in [0.2, 0.25) is 11.9 Å². The Balaban J connectivity index is 1.67. The normalized spacial score (nSPS) is 17.5. The summed E-state index contributed by atoms with van der Waals surface area (Å²) in [7, 11) is -4.06. The van der Waals surface area contributed by atoms with Crippen LogP contribution in [-0.4, -0.2) is 80.7 Å². The van der Waals surface area contributed by atoms with Gasteiger partial charge in [0.05, 0.1) is 17.4 Å². The van der Waals surface area contributed by atoms with Gasteiger partial charge in [0.1, 0.15) is 23.0 Å². The molecule has 1 aromatic carbocycles. The number of amides is 2. The van der Waals surface area contributed by atoms with Crippen LogP contribution in [0.15, 0.2) is 9.89 Å². The molecule has 1 aromatic rings. The number of hydrogen-bond acceptors (Lipinski definition) is 9. The number of likely N-dealkylation sites (tertiary alicyclic amines) is 1. The quantitative estimate of drug-likeness (QED) is 0.146. The molecular formula is C32H51N5O8S. The Morgan fingerprint density at radius 3 is 2.33 bits per heavy atom. The molecule has 46 heavy (non-hydrogen) atoms. The molecular weight excluding hydrogens is 614 g/mol. The van der Waals surface area contributed by atoms with Crippen LogP contribution < -0.4 is 20.5 Å². The second-order valence-electron chi connectivity index (χ2n) is 13.6. The summed E-state index contributed by atoms with van der Waals surface area (Å²) in [5.74, 6) is -0.379. The number of guanidine groups is 1. The molecule has 2 heterocycles. The van der Waals surface area contributed by atoms with Crippen LogP contribution >= 0.6 is 0 Å². The molecule has 0 aliphatic carbocycles. The van der Waals surface area contributed by atoms with Gasteiger partial charge >= 0.3 is 12.1 Å². The van der Waals surface area contributed by atoms with Crippen LogP contribution in [0.2, 0.25) is 0 Å². The van der Waals surface area contributed by atoms with Gasteiger partial charge in [-0.15, -0.1) is 0 Å². The molecule has 2 amide bonds. The fraction of sp³-hybridized carbons (Fsp3) is 0.688. The van der Waals surface area contributed by atoms with E-state index in [0.717, 1.165) is 16.9 Å². The maximum atomic E-state index is 13.5. The van der Waals surface area contributed by atoms with Gasteiger partial charge in [0.15, 0.2) is 0 Å². The largest absolute Gasteiger partial charge is 0.487 e. The van der Waals surface area contributed by atoms with Crippen LogP contribution in [0.3, 0.4) is 0 Å². The molecule has 1 saturated heterocycles. The smallest absolute Gasteiger partial charge is 0.408 e. The van der Waals surface area contributed by atoms with E-state index in [0.29, 0.717) is 56.5 Å². The van der Waals surface area contributed by atoms with Crippen LogP contribution in [-0.2, 0) is 35.5 Å². The number of esters is 1. The molecule has 0 spiro atoms. The minimum Gasteiger partial charge on any atom is -0.487 e. The van der Waals surface area contributed by atoms with Crippen LogP contribution in [0.5, 0.6) is 5.75 Å². The number of benzene rings is 1. The zero-order valence-corrected chi connectivity index (χ0v) is 29.5. The van der Waals surface area contributed by atoms with Gasteiger partial charge in [0.25, 0.3) is 10.0 Å². The number of nitrogens with zero attached hydrogens (tertiary/aromatic N) is 2. The van der Waals surface area contributed by atoms with Crippen molar-refractivity contribution in [1.29, 1.82) is 0 Å². The van der Waals surface area contributed by atoms with Gasteiger partial charge in [-0.25, -0.2) is 17.9 Å². The Labute approximate surface area is 273 Å². The lowest BCUT2D eigenvalue weighted by Crippen LogP contribution is -2.52. The lowest BCUT2D eigenvalue weighted by atomic mass is 9.94. The molecule has 13 nitrogen and oxygen atoms in total. The predicted octanol–water partition coefficient (Wildman–Crippen LogP) is 3.39. The molecule has 258 valence electrons. The first kappa shape index (κ1) is 36.9. The van der Waals surface area contributed by atoms with Crippen LogP contribution in [0, 0.1) is 26.7 Å². The highest BCUT2D eigenvalue weighted by Crippen LogP contribution is 2.43. The fourth-order valence-electron chi connectivity index (χ4n) is 5.89. The Kier molecular flexibility index (Phi) is 11.6. The summed E-state index contributed by atoms with van der Waals surface area (Å²) < 4.78 is 46.0. The number of aliphatic imine (C=N–C) groups is 1. The number of sulfonamides is 1. The highest BCUT2D eigenvalue weighted by atomic mass is 32.2. The van der Waals surface area contributed by atoms with Crippen LogP contribution in [0.25, 0.3) is 0 Å². The zero-order valence-electron chi connectivity index (χ0n) is 28.7. The van der Waals surface area contributed by atoms with Crippen molar-refractivity contribution in [2.75, 3.05) is 26.2 Å². The van der Waals surface area contributed by atoms with Crippen molar-refractivity contribution < 1.29 is 37.0 Å². The summed E-state index contributed by atoms with van der Waals surface area (Å²) >= 11 is 0. The Bertz CT molecular complexity index is 1460. The molecule has 3 rings (SSSR count). The maximum absolute atomic E-state index is 13.5. The lowest BCUT2D eigenvalue weighted by Gasteiger charge is -2.33. The number of ether oxygens (including phenoxy) is 3. The molecule has 0 unspecified atom stereocenters. The highest BCUT2D eigenvalue weighted by molar-refractivity contribution is 7.90. The van der Waals surface area contributed by atoms with Crippen molar-refractivity contribution in [1.82, 2.24) is 14.9 Å². The van der Waals surface area contributed by atoms with Crippen molar-refractivity contribution in [2.45, 2.75) is 117 Å². The zero-order chi connectivity index (χ0) is 34.6. The molecule has 1 atom stereocenters. The number of rotatable bonds is 10. The van der Waals surface area contributed by atoms with Gasteiger partial charge in [-0.1, -0.05) is 0 Å². The van der Waals surface area contributed by atoms with E-state index in [4.69, 9.17) is 19.9 Å². The number of carbonyl (C=O) groups excluding carboxylic acids is 3. The molecule has 0 aromatic heterocycles. The molecule has 4 N–H and O–H groups in total. The van der Waals surface area contributed by atoms with Gasteiger partial charge in [-0.05, 0) is 105 Å². The van der Waals surface area contributed by atoms with E-state index in [-0.39, 0.29) is 41.6 Å². The second-order valence-corrected chi connectivity index (χ2v) is 15.2. The van der Waals surface area contributed by atoms with Crippen LogP contribution in [0.1, 0.15) is 89.5 Å². The summed E-state index contributed by atoms with van der Waals surface area (Å²) in [4.78, 5) is 44.2. The van der Waals surface area contributed by atoms with E-state index in [9.17, 15) is 22.8 Å². The first-order valence-electron chi connectivity index (χ1n) is 15.9. The summed E-state index contributed by atoms with van der Waals surface area (Å²) in [6.45, 7) is 17.3. The number of alkyl carbamates (subject to hydrolysis) is 1. The van der Waals surface area contributed by atoms with E-state index < -0.39 is 33.4 Å². The van der Waals surface area contributed by atoms with E-state index in [1.165, 1.54) is 0 Å². The van der Waals surface area contributed by atoms with Gasteiger partial charge in [0, 0.05) is 31.6 Å². The predicted molar refractivity (Wildman–Crippen MR) is 174 cm³/mol. The number of fused-ring (bicyclic) bond motifs is 1.